The molecule has 5 nitrogen and oxygen atoms in total. The highest BCUT2D eigenvalue weighted by Crippen LogP contribution is 2.23. The van der Waals surface area contributed by atoms with Crippen LogP contribution < -0.4 is 16.0 Å². The van der Waals surface area contributed by atoms with E-state index in [-0.39, 0.29) is 23.0 Å². The van der Waals surface area contributed by atoms with Crippen molar-refractivity contribution in [1.29, 1.82) is 0 Å². The summed E-state index contributed by atoms with van der Waals surface area (Å²) in [5.74, 6) is -0.521. The minimum Gasteiger partial charge on any atom is -0.349 e. The van der Waals surface area contributed by atoms with Gasteiger partial charge in [-0.1, -0.05) is 52.9 Å². The third kappa shape index (κ3) is 6.03. The highest BCUT2D eigenvalue weighted by atomic mass is 79.9. The number of hydrogen-bond donors (Lipinski definition) is 3. The van der Waals surface area contributed by atoms with Crippen LogP contribution >= 0.6 is 39.7 Å². The van der Waals surface area contributed by atoms with Crippen molar-refractivity contribution in [3.8, 4) is 0 Å². The number of halogens is 2. The van der Waals surface area contributed by atoms with Gasteiger partial charge in [-0.05, 0) is 67.9 Å². The molecule has 0 atom stereocenters. The van der Waals surface area contributed by atoms with Crippen LogP contribution in [0.15, 0.2) is 40.9 Å². The summed E-state index contributed by atoms with van der Waals surface area (Å²) in [5, 5.41) is 9.16. The molecule has 1 fully saturated rings. The Morgan fingerprint density at radius 3 is 2.50 bits per heavy atom. The predicted octanol–water partition coefficient (Wildman–Crippen LogP) is 5.60. The maximum atomic E-state index is 12.7. The smallest absolute Gasteiger partial charge is 0.257 e. The monoisotopic (exact) mass is 507 g/mol. The minimum atomic E-state index is -0.322. The number of benzene rings is 2. The highest BCUT2D eigenvalue weighted by Gasteiger charge is 2.19. The summed E-state index contributed by atoms with van der Waals surface area (Å²) in [6.45, 7) is 1.94. The molecule has 0 aliphatic heterocycles. The van der Waals surface area contributed by atoms with Gasteiger partial charge in [-0.15, -0.1) is 0 Å². The number of nitrogens with one attached hydrogen (secondary N) is 3. The van der Waals surface area contributed by atoms with Crippen LogP contribution in [0.4, 0.5) is 5.69 Å². The number of aryl methyl sites for hydroxylation is 1. The van der Waals surface area contributed by atoms with Crippen LogP contribution in [0, 0.1) is 6.92 Å². The number of hydrogen-bond acceptors (Lipinski definition) is 3. The van der Waals surface area contributed by atoms with E-state index >= 15 is 0 Å². The fourth-order valence-electron chi connectivity index (χ4n) is 3.36. The van der Waals surface area contributed by atoms with E-state index in [1.54, 1.807) is 30.3 Å². The molecule has 0 aromatic heterocycles. The van der Waals surface area contributed by atoms with Gasteiger partial charge in [-0.3, -0.25) is 14.9 Å². The first-order valence-electron chi connectivity index (χ1n) is 9.82. The van der Waals surface area contributed by atoms with E-state index in [0.29, 0.717) is 21.8 Å². The maximum absolute atomic E-state index is 12.7. The number of anilines is 1. The van der Waals surface area contributed by atoms with Gasteiger partial charge in [0.1, 0.15) is 0 Å². The third-order valence-corrected chi connectivity index (χ3v) is 6.46. The molecule has 30 heavy (non-hydrogen) atoms. The van der Waals surface area contributed by atoms with Gasteiger partial charge in [-0.25, -0.2) is 0 Å². The molecule has 158 valence electrons. The molecule has 2 aromatic carbocycles. The van der Waals surface area contributed by atoms with E-state index in [1.807, 2.05) is 13.0 Å². The zero-order chi connectivity index (χ0) is 21.7. The molecule has 2 aromatic rings. The molecule has 3 N–H and O–H groups in total. The molecular formula is C22H23BrClN3O2S. The summed E-state index contributed by atoms with van der Waals surface area (Å²) in [7, 11) is 0. The normalized spacial score (nSPS) is 14.1. The van der Waals surface area contributed by atoms with Crippen LogP contribution in [0.5, 0.6) is 0 Å². The summed E-state index contributed by atoms with van der Waals surface area (Å²) in [6, 6.07) is 10.5. The Bertz CT molecular complexity index is 977. The second-order valence-electron chi connectivity index (χ2n) is 7.38. The van der Waals surface area contributed by atoms with Gasteiger partial charge in [0, 0.05) is 21.8 Å². The highest BCUT2D eigenvalue weighted by molar-refractivity contribution is 9.10. The number of carbonyl (C=O) groups is 2. The Kier molecular flexibility index (Phi) is 7.86. The maximum Gasteiger partial charge on any atom is 0.257 e. The fourth-order valence-corrected chi connectivity index (χ4v) is 4.15. The molecule has 3 rings (SSSR count). The van der Waals surface area contributed by atoms with Crippen LogP contribution in [0.3, 0.4) is 0 Å². The Morgan fingerprint density at radius 2 is 1.80 bits per heavy atom. The molecular weight excluding hydrogens is 486 g/mol. The molecule has 0 spiro atoms. The van der Waals surface area contributed by atoms with E-state index in [9.17, 15) is 9.59 Å². The third-order valence-electron chi connectivity index (χ3n) is 5.07. The largest absolute Gasteiger partial charge is 0.349 e. The van der Waals surface area contributed by atoms with Crippen molar-refractivity contribution in [3.05, 3.63) is 62.6 Å². The van der Waals surface area contributed by atoms with Crippen LogP contribution in [0.1, 0.15) is 58.4 Å². The average molecular weight is 509 g/mol. The van der Waals surface area contributed by atoms with Gasteiger partial charge in [0.2, 0.25) is 0 Å². The molecule has 0 saturated heterocycles. The van der Waals surface area contributed by atoms with Crippen molar-refractivity contribution in [2.75, 3.05) is 5.32 Å². The SMILES string of the molecule is Cc1ccc(C(=O)NC(=S)Nc2ccc(Cl)c(C(=O)NC3CCCCC3)c2)cc1Br. The average Bonchev–Trinajstić information content (AvgIpc) is 2.72. The van der Waals surface area contributed by atoms with E-state index in [0.717, 1.165) is 35.7 Å². The lowest BCUT2D eigenvalue weighted by Crippen LogP contribution is -2.36. The van der Waals surface area contributed by atoms with E-state index in [2.05, 4.69) is 31.9 Å². The molecule has 0 radical (unpaired) electrons. The molecule has 1 aliphatic carbocycles. The first kappa shape index (κ1) is 22.7. The number of amides is 2. The zero-order valence-electron chi connectivity index (χ0n) is 16.6. The standard InChI is InChI=1S/C22H23BrClN3O2S/c1-13-7-8-14(11-18(13)23)20(28)27-22(30)26-16-9-10-19(24)17(12-16)21(29)25-15-5-3-2-4-6-15/h7-12,15H,2-6H2,1H3,(H,25,29)(H2,26,27,28,30). The van der Waals surface area contributed by atoms with E-state index in [1.165, 1.54) is 6.42 Å². The molecule has 8 heteroatoms. The minimum absolute atomic E-state index is 0.137. The second-order valence-corrected chi connectivity index (χ2v) is 9.05. The van der Waals surface area contributed by atoms with Gasteiger partial charge < -0.3 is 10.6 Å². The lowest BCUT2D eigenvalue weighted by molar-refractivity contribution is 0.0926. The topological polar surface area (TPSA) is 70.2 Å². The van der Waals surface area contributed by atoms with Crippen LogP contribution in [0.2, 0.25) is 5.02 Å². The van der Waals surface area contributed by atoms with Gasteiger partial charge in [0.05, 0.1) is 10.6 Å². The van der Waals surface area contributed by atoms with Crippen LogP contribution in [0.25, 0.3) is 0 Å². The summed E-state index contributed by atoms with van der Waals surface area (Å²) < 4.78 is 0.848. The Labute approximate surface area is 195 Å². The van der Waals surface area contributed by atoms with Crippen molar-refractivity contribution in [2.45, 2.75) is 45.1 Å². The van der Waals surface area contributed by atoms with Gasteiger partial charge in [0.25, 0.3) is 11.8 Å². The number of rotatable bonds is 4. The van der Waals surface area contributed by atoms with Crippen molar-refractivity contribution in [2.24, 2.45) is 0 Å². The summed E-state index contributed by atoms with van der Waals surface area (Å²) >= 11 is 14.9. The molecule has 0 heterocycles. The van der Waals surface area contributed by atoms with Gasteiger partial charge in [0.15, 0.2) is 5.11 Å². The molecule has 2 amide bonds. The summed E-state index contributed by atoms with van der Waals surface area (Å²) in [5.41, 5.74) is 2.47. The van der Waals surface area contributed by atoms with E-state index in [4.69, 9.17) is 23.8 Å². The lowest BCUT2D eigenvalue weighted by Gasteiger charge is -2.23. The van der Waals surface area contributed by atoms with Gasteiger partial charge >= 0.3 is 0 Å². The number of thiocarbonyl (C=S) groups is 1. The first-order chi connectivity index (χ1) is 14.3. The molecule has 1 aliphatic rings. The van der Waals surface area contributed by atoms with Crippen molar-refractivity contribution < 1.29 is 9.59 Å². The second kappa shape index (κ2) is 10.4. The van der Waals surface area contributed by atoms with Crippen molar-refractivity contribution in [1.82, 2.24) is 10.6 Å². The number of carbonyl (C=O) groups excluding carboxylic acids is 2. The van der Waals surface area contributed by atoms with Gasteiger partial charge in [-0.2, -0.15) is 0 Å². The van der Waals surface area contributed by atoms with Crippen LogP contribution in [-0.4, -0.2) is 23.0 Å². The van der Waals surface area contributed by atoms with Crippen molar-refractivity contribution in [3.63, 3.8) is 0 Å². The molecule has 1 saturated carbocycles. The summed E-state index contributed by atoms with van der Waals surface area (Å²) in [4.78, 5) is 25.1. The molecule has 0 unspecified atom stereocenters. The first-order valence-corrected chi connectivity index (χ1v) is 11.4. The molecule has 0 bridgehead atoms. The zero-order valence-corrected chi connectivity index (χ0v) is 19.7. The van der Waals surface area contributed by atoms with Crippen LogP contribution in [-0.2, 0) is 0 Å². The Morgan fingerprint density at radius 1 is 1.07 bits per heavy atom. The Balaban J connectivity index is 1.63. The van der Waals surface area contributed by atoms with Crippen molar-refractivity contribution >= 4 is 62.4 Å². The lowest BCUT2D eigenvalue weighted by atomic mass is 9.95. The van der Waals surface area contributed by atoms with E-state index < -0.39 is 0 Å². The fraction of sp³-hybridized carbons (Fsp3) is 0.318. The summed E-state index contributed by atoms with van der Waals surface area (Å²) in [6.07, 6.45) is 5.46. The Hall–Kier alpha value is -1.96. The predicted molar refractivity (Wildman–Crippen MR) is 128 cm³/mol. The quantitative estimate of drug-likeness (QED) is 0.470.